The van der Waals surface area contributed by atoms with Crippen molar-refractivity contribution in [1.29, 1.82) is 0 Å². The summed E-state index contributed by atoms with van der Waals surface area (Å²) in [6, 6.07) is 0. The van der Waals surface area contributed by atoms with Crippen molar-refractivity contribution in [3.8, 4) is 0 Å². The van der Waals surface area contributed by atoms with Crippen LogP contribution in [0.4, 0.5) is 0 Å². The van der Waals surface area contributed by atoms with Crippen LogP contribution in [-0.4, -0.2) is 0 Å². The second-order valence-corrected chi connectivity index (χ2v) is 7.41. The largest absolute Gasteiger partial charge is 0.152 e. The Kier molecular flexibility index (Phi) is 10.1. The van der Waals surface area contributed by atoms with Gasteiger partial charge in [0, 0.05) is 0 Å². The van der Waals surface area contributed by atoms with Crippen molar-refractivity contribution < 1.29 is 0 Å². The highest BCUT2D eigenvalue weighted by Crippen LogP contribution is 2.27. The first-order chi connectivity index (χ1) is 10.2. The lowest BCUT2D eigenvalue weighted by Gasteiger charge is -2.18. The summed E-state index contributed by atoms with van der Waals surface area (Å²) < 4.78 is 0. The molecule has 122 valence electrons. The fourth-order valence-corrected chi connectivity index (χ4v) is 4.11. The monoisotopic (exact) mass is 308 g/mol. The molecule has 0 radical (unpaired) electrons. The smallest absolute Gasteiger partial charge is 0.00583 e. The maximum atomic E-state index is 2.43. The molecule has 21 heavy (non-hydrogen) atoms. The molecule has 2 atom stereocenters. The zero-order valence-electron chi connectivity index (χ0n) is 14.8. The van der Waals surface area contributed by atoms with Crippen LogP contribution in [0.3, 0.4) is 0 Å². The van der Waals surface area contributed by atoms with Gasteiger partial charge in [0.2, 0.25) is 0 Å². The highest BCUT2D eigenvalue weighted by Gasteiger charge is 2.14. The molecule has 0 N–H and O–H groups in total. The molecular formula is C20H36S. The quantitative estimate of drug-likeness (QED) is 0.381. The Morgan fingerprint density at radius 1 is 0.762 bits per heavy atom. The number of thiophene rings is 1. The molecule has 1 rings (SSSR count). The van der Waals surface area contributed by atoms with Gasteiger partial charge >= 0.3 is 0 Å². The molecule has 0 bridgehead atoms. The molecule has 0 saturated carbocycles. The van der Waals surface area contributed by atoms with E-state index in [4.69, 9.17) is 0 Å². The van der Waals surface area contributed by atoms with Gasteiger partial charge in [-0.3, -0.25) is 0 Å². The molecule has 0 saturated heterocycles. The van der Waals surface area contributed by atoms with Crippen LogP contribution in [0.25, 0.3) is 0 Å². The second kappa shape index (κ2) is 11.3. The van der Waals surface area contributed by atoms with Crippen LogP contribution >= 0.6 is 11.3 Å². The third kappa shape index (κ3) is 7.00. The Balaban J connectivity index is 2.58. The summed E-state index contributed by atoms with van der Waals surface area (Å²) in [5.74, 6) is 1.79. The Labute approximate surface area is 137 Å². The average molecular weight is 309 g/mol. The molecule has 0 aromatic carbocycles. The topological polar surface area (TPSA) is 0 Å². The first kappa shape index (κ1) is 18.7. The van der Waals surface area contributed by atoms with Crippen LogP contribution < -0.4 is 0 Å². The van der Waals surface area contributed by atoms with Gasteiger partial charge in [0.15, 0.2) is 0 Å². The predicted octanol–water partition coefficient (Wildman–Crippen LogP) is 7.27. The van der Waals surface area contributed by atoms with Crippen molar-refractivity contribution in [2.24, 2.45) is 11.8 Å². The molecule has 0 amide bonds. The van der Waals surface area contributed by atoms with Crippen LogP contribution in [-0.2, 0) is 12.8 Å². The lowest BCUT2D eigenvalue weighted by Crippen LogP contribution is -2.08. The van der Waals surface area contributed by atoms with Gasteiger partial charge in [-0.05, 0) is 46.6 Å². The van der Waals surface area contributed by atoms with E-state index in [9.17, 15) is 0 Å². The molecule has 0 aliphatic carbocycles. The van der Waals surface area contributed by atoms with Crippen LogP contribution in [0.1, 0.15) is 90.2 Å². The molecular weight excluding hydrogens is 272 g/mol. The summed E-state index contributed by atoms with van der Waals surface area (Å²) in [4.78, 5) is 0. The van der Waals surface area contributed by atoms with Crippen LogP contribution in [0, 0.1) is 11.8 Å². The van der Waals surface area contributed by atoms with Gasteiger partial charge in [-0.25, -0.2) is 0 Å². The van der Waals surface area contributed by atoms with Gasteiger partial charge in [-0.15, -0.1) is 0 Å². The molecule has 0 spiro atoms. The molecule has 1 aromatic heterocycles. The Bertz CT molecular complexity index is 320. The summed E-state index contributed by atoms with van der Waals surface area (Å²) in [5.41, 5.74) is 3.33. The first-order valence-corrected chi connectivity index (χ1v) is 10.2. The van der Waals surface area contributed by atoms with E-state index in [0.717, 1.165) is 11.8 Å². The molecule has 0 aliphatic heterocycles. The minimum absolute atomic E-state index is 0.897. The van der Waals surface area contributed by atoms with Gasteiger partial charge in [0.05, 0.1) is 0 Å². The number of hydrogen-bond acceptors (Lipinski definition) is 1. The van der Waals surface area contributed by atoms with Crippen molar-refractivity contribution in [1.82, 2.24) is 0 Å². The molecule has 1 aromatic rings. The summed E-state index contributed by atoms with van der Waals surface area (Å²) in [6.45, 7) is 9.34. The van der Waals surface area contributed by atoms with Crippen LogP contribution in [0.2, 0.25) is 0 Å². The van der Waals surface area contributed by atoms with E-state index >= 15 is 0 Å². The van der Waals surface area contributed by atoms with Gasteiger partial charge in [-0.2, -0.15) is 11.3 Å². The van der Waals surface area contributed by atoms with E-state index in [1.54, 1.807) is 11.1 Å². The molecule has 0 nitrogen and oxygen atoms in total. The third-order valence-corrected chi connectivity index (χ3v) is 5.78. The van der Waals surface area contributed by atoms with Crippen molar-refractivity contribution in [2.45, 2.75) is 91.9 Å². The lowest BCUT2D eigenvalue weighted by molar-refractivity contribution is 0.435. The number of hydrogen-bond donors (Lipinski definition) is 0. The Morgan fingerprint density at radius 2 is 1.19 bits per heavy atom. The van der Waals surface area contributed by atoms with E-state index in [1.165, 1.54) is 64.2 Å². The summed E-state index contributed by atoms with van der Waals surface area (Å²) >= 11 is 1.92. The summed E-state index contributed by atoms with van der Waals surface area (Å²) in [5, 5.41) is 4.85. The molecule has 0 unspecified atom stereocenters. The molecule has 1 heteroatoms. The Hall–Kier alpha value is -0.300. The first-order valence-electron chi connectivity index (χ1n) is 9.28. The number of unbranched alkanes of at least 4 members (excludes halogenated alkanes) is 2. The maximum absolute atomic E-state index is 2.43. The van der Waals surface area contributed by atoms with Crippen molar-refractivity contribution >= 4 is 11.3 Å². The van der Waals surface area contributed by atoms with Gasteiger partial charge < -0.3 is 0 Å². The highest BCUT2D eigenvalue weighted by atomic mass is 32.1. The fraction of sp³-hybridized carbons (Fsp3) is 0.800. The second-order valence-electron chi connectivity index (χ2n) is 6.66. The zero-order chi connectivity index (χ0) is 15.5. The SMILES string of the molecule is CCCC[C@@H](CC)Cc1cscc1C[C@@H](CC)CCCC. The van der Waals surface area contributed by atoms with E-state index in [2.05, 4.69) is 38.5 Å². The minimum Gasteiger partial charge on any atom is -0.152 e. The van der Waals surface area contributed by atoms with Crippen molar-refractivity contribution in [3.05, 3.63) is 21.9 Å². The third-order valence-electron chi connectivity index (χ3n) is 4.94. The lowest BCUT2D eigenvalue weighted by atomic mass is 9.87. The van der Waals surface area contributed by atoms with E-state index < -0.39 is 0 Å². The van der Waals surface area contributed by atoms with E-state index in [1.807, 2.05) is 11.3 Å². The van der Waals surface area contributed by atoms with Gasteiger partial charge in [0.1, 0.15) is 0 Å². The Morgan fingerprint density at radius 3 is 1.52 bits per heavy atom. The summed E-state index contributed by atoms with van der Waals surface area (Å²) in [6.07, 6.45) is 13.6. The van der Waals surface area contributed by atoms with Crippen LogP contribution in [0.15, 0.2) is 10.8 Å². The van der Waals surface area contributed by atoms with Gasteiger partial charge in [-0.1, -0.05) is 79.1 Å². The number of rotatable bonds is 12. The van der Waals surface area contributed by atoms with E-state index in [-0.39, 0.29) is 0 Å². The van der Waals surface area contributed by atoms with Crippen molar-refractivity contribution in [3.63, 3.8) is 0 Å². The fourth-order valence-electron chi connectivity index (χ4n) is 3.22. The minimum atomic E-state index is 0.897. The molecule has 0 fully saturated rings. The van der Waals surface area contributed by atoms with Gasteiger partial charge in [0.25, 0.3) is 0 Å². The van der Waals surface area contributed by atoms with Crippen molar-refractivity contribution in [2.75, 3.05) is 0 Å². The van der Waals surface area contributed by atoms with Crippen LogP contribution in [0.5, 0.6) is 0 Å². The maximum Gasteiger partial charge on any atom is -0.00583 e. The predicted molar refractivity (Wildman–Crippen MR) is 98.3 cm³/mol. The molecule has 1 heterocycles. The van der Waals surface area contributed by atoms with E-state index in [0.29, 0.717) is 0 Å². The highest BCUT2D eigenvalue weighted by molar-refractivity contribution is 7.08. The summed E-state index contributed by atoms with van der Waals surface area (Å²) in [7, 11) is 0. The zero-order valence-corrected chi connectivity index (χ0v) is 15.6. The average Bonchev–Trinajstić information content (AvgIpc) is 2.94. The molecule has 0 aliphatic rings. The standard InChI is InChI=1S/C20H36S/c1-5-9-11-17(7-3)13-19-15-21-16-20(19)14-18(8-4)12-10-6-2/h15-18H,5-14H2,1-4H3/t17-,18+. The normalized spacial score (nSPS) is 14.3.